The summed E-state index contributed by atoms with van der Waals surface area (Å²) in [5.74, 6) is -0.585. The van der Waals surface area contributed by atoms with E-state index in [9.17, 15) is 9.59 Å². The van der Waals surface area contributed by atoms with Gasteiger partial charge in [-0.15, -0.1) is 11.3 Å². The van der Waals surface area contributed by atoms with E-state index in [0.717, 1.165) is 21.8 Å². The summed E-state index contributed by atoms with van der Waals surface area (Å²) in [6.07, 6.45) is 3.35. The number of thiophene rings is 1. The highest BCUT2D eigenvalue weighted by atomic mass is 32.1. The third-order valence-corrected chi connectivity index (χ3v) is 4.77. The van der Waals surface area contributed by atoms with Gasteiger partial charge in [-0.05, 0) is 53.4 Å². The molecule has 3 aromatic rings. The maximum absolute atomic E-state index is 12.2. The molecule has 142 valence electrons. The largest absolute Gasteiger partial charge is 0.469 e. The van der Waals surface area contributed by atoms with E-state index in [2.05, 4.69) is 10.6 Å². The minimum absolute atomic E-state index is 0.0976. The SMILES string of the molecule is COC(=O)Cc1cc(NC(=O)/C=C/c2cccs2)ccc1Nc1ccccc1. The number of hydrogen-bond donors (Lipinski definition) is 2. The smallest absolute Gasteiger partial charge is 0.310 e. The highest BCUT2D eigenvalue weighted by Gasteiger charge is 2.11. The lowest BCUT2D eigenvalue weighted by atomic mass is 10.1. The van der Waals surface area contributed by atoms with Gasteiger partial charge in [-0.1, -0.05) is 24.3 Å². The van der Waals surface area contributed by atoms with Crippen molar-refractivity contribution in [3.05, 3.63) is 82.6 Å². The second kappa shape index (κ2) is 9.53. The molecule has 0 spiro atoms. The van der Waals surface area contributed by atoms with Crippen LogP contribution in [-0.4, -0.2) is 19.0 Å². The Balaban J connectivity index is 1.77. The average molecular weight is 392 g/mol. The molecule has 28 heavy (non-hydrogen) atoms. The van der Waals surface area contributed by atoms with E-state index in [4.69, 9.17) is 4.74 Å². The maximum atomic E-state index is 12.2. The van der Waals surface area contributed by atoms with Crippen LogP contribution in [0, 0.1) is 0 Å². The maximum Gasteiger partial charge on any atom is 0.310 e. The van der Waals surface area contributed by atoms with E-state index >= 15 is 0 Å². The third kappa shape index (κ3) is 5.56. The van der Waals surface area contributed by atoms with E-state index in [-0.39, 0.29) is 18.3 Å². The quantitative estimate of drug-likeness (QED) is 0.445. The van der Waals surface area contributed by atoms with Gasteiger partial charge < -0.3 is 15.4 Å². The molecule has 5 nitrogen and oxygen atoms in total. The number of carbonyl (C=O) groups is 2. The van der Waals surface area contributed by atoms with Crippen molar-refractivity contribution >= 4 is 46.4 Å². The molecule has 2 aromatic carbocycles. The Hall–Kier alpha value is -3.38. The zero-order valence-electron chi connectivity index (χ0n) is 15.3. The highest BCUT2D eigenvalue weighted by Crippen LogP contribution is 2.25. The molecule has 1 amide bonds. The predicted molar refractivity (Wildman–Crippen MR) is 114 cm³/mol. The highest BCUT2D eigenvalue weighted by molar-refractivity contribution is 7.10. The average Bonchev–Trinajstić information content (AvgIpc) is 3.23. The molecule has 6 heteroatoms. The second-order valence-electron chi connectivity index (χ2n) is 5.95. The van der Waals surface area contributed by atoms with Crippen molar-refractivity contribution in [2.45, 2.75) is 6.42 Å². The monoisotopic (exact) mass is 392 g/mol. The standard InChI is InChI=1S/C22H20N2O3S/c1-27-22(26)15-16-14-18(24-21(25)12-10-19-8-5-13-28-19)9-11-20(16)23-17-6-3-2-4-7-17/h2-14,23H,15H2,1H3,(H,24,25)/b12-10+. The number of para-hydroxylation sites is 1. The van der Waals surface area contributed by atoms with Crippen LogP contribution in [0.4, 0.5) is 17.1 Å². The van der Waals surface area contributed by atoms with E-state index in [0.29, 0.717) is 5.69 Å². The van der Waals surface area contributed by atoms with E-state index in [1.54, 1.807) is 29.5 Å². The Morgan fingerprint density at radius 3 is 2.57 bits per heavy atom. The fraction of sp³-hybridized carbons (Fsp3) is 0.0909. The Bertz CT molecular complexity index is 967. The van der Waals surface area contributed by atoms with Gasteiger partial charge in [0.25, 0.3) is 0 Å². The van der Waals surface area contributed by atoms with Crippen LogP contribution in [0.1, 0.15) is 10.4 Å². The number of nitrogens with one attached hydrogen (secondary N) is 2. The number of esters is 1. The summed E-state index contributed by atoms with van der Waals surface area (Å²) >= 11 is 1.56. The molecule has 0 bridgehead atoms. The fourth-order valence-corrected chi connectivity index (χ4v) is 3.19. The molecule has 0 aliphatic rings. The molecular weight excluding hydrogens is 372 g/mol. The number of hydrogen-bond acceptors (Lipinski definition) is 5. The van der Waals surface area contributed by atoms with Crippen molar-refractivity contribution in [1.82, 2.24) is 0 Å². The van der Waals surface area contributed by atoms with Gasteiger partial charge in [0.1, 0.15) is 0 Å². The summed E-state index contributed by atoms with van der Waals surface area (Å²) < 4.78 is 4.80. The molecule has 1 heterocycles. The number of amides is 1. The first-order valence-electron chi connectivity index (χ1n) is 8.68. The summed E-state index contributed by atoms with van der Waals surface area (Å²) in [5.41, 5.74) is 3.03. The molecule has 0 saturated carbocycles. The van der Waals surface area contributed by atoms with Crippen LogP contribution < -0.4 is 10.6 Å². The van der Waals surface area contributed by atoms with Gasteiger partial charge in [-0.3, -0.25) is 9.59 Å². The minimum Gasteiger partial charge on any atom is -0.469 e. The van der Waals surface area contributed by atoms with Crippen LogP contribution >= 0.6 is 11.3 Å². The van der Waals surface area contributed by atoms with Crippen molar-refractivity contribution in [3.63, 3.8) is 0 Å². The molecule has 0 saturated heterocycles. The molecule has 0 atom stereocenters. The molecule has 3 rings (SSSR count). The van der Waals surface area contributed by atoms with Gasteiger partial charge in [0.2, 0.25) is 5.91 Å². The lowest BCUT2D eigenvalue weighted by Gasteiger charge is -2.14. The van der Waals surface area contributed by atoms with Crippen molar-refractivity contribution in [2.24, 2.45) is 0 Å². The molecule has 0 aliphatic heterocycles. The molecule has 0 unspecified atom stereocenters. The number of rotatable bonds is 7. The summed E-state index contributed by atoms with van der Waals surface area (Å²) in [4.78, 5) is 25.0. The number of carbonyl (C=O) groups excluding carboxylic acids is 2. The minimum atomic E-state index is -0.350. The Morgan fingerprint density at radius 2 is 1.86 bits per heavy atom. The summed E-state index contributed by atoms with van der Waals surface area (Å²) in [7, 11) is 1.35. The molecular formula is C22H20N2O3S. The van der Waals surface area contributed by atoms with Crippen molar-refractivity contribution in [1.29, 1.82) is 0 Å². The van der Waals surface area contributed by atoms with E-state index < -0.39 is 0 Å². The lowest BCUT2D eigenvalue weighted by Crippen LogP contribution is -2.10. The van der Waals surface area contributed by atoms with Crippen molar-refractivity contribution in [3.8, 4) is 0 Å². The van der Waals surface area contributed by atoms with E-state index in [1.807, 2.05) is 53.9 Å². The summed E-state index contributed by atoms with van der Waals surface area (Å²) in [6.45, 7) is 0. The molecule has 0 aliphatic carbocycles. The van der Waals surface area contributed by atoms with Crippen LogP contribution in [-0.2, 0) is 20.7 Å². The normalized spacial score (nSPS) is 10.6. The van der Waals surface area contributed by atoms with Crippen LogP contribution in [0.5, 0.6) is 0 Å². The van der Waals surface area contributed by atoms with Gasteiger partial charge in [0.15, 0.2) is 0 Å². The van der Waals surface area contributed by atoms with Gasteiger partial charge in [-0.25, -0.2) is 0 Å². The van der Waals surface area contributed by atoms with Crippen LogP contribution in [0.2, 0.25) is 0 Å². The number of anilines is 3. The Labute approximate surface area is 167 Å². The van der Waals surface area contributed by atoms with Gasteiger partial charge in [0, 0.05) is 28.0 Å². The Kier molecular flexibility index (Phi) is 6.59. The molecule has 0 radical (unpaired) electrons. The first kappa shape index (κ1) is 19.4. The molecule has 0 fully saturated rings. The number of benzene rings is 2. The predicted octanol–water partition coefficient (Wildman–Crippen LogP) is 4.86. The first-order chi connectivity index (χ1) is 13.6. The summed E-state index contributed by atoms with van der Waals surface area (Å²) in [5, 5.41) is 8.07. The third-order valence-electron chi connectivity index (χ3n) is 3.93. The summed E-state index contributed by atoms with van der Waals surface area (Å²) in [6, 6.07) is 18.9. The van der Waals surface area contributed by atoms with Crippen LogP contribution in [0.25, 0.3) is 6.08 Å². The number of ether oxygens (including phenoxy) is 1. The van der Waals surface area contributed by atoms with Crippen molar-refractivity contribution in [2.75, 3.05) is 17.7 Å². The number of methoxy groups -OCH3 is 1. The zero-order valence-corrected chi connectivity index (χ0v) is 16.2. The van der Waals surface area contributed by atoms with Crippen molar-refractivity contribution < 1.29 is 14.3 Å². The van der Waals surface area contributed by atoms with Gasteiger partial charge in [-0.2, -0.15) is 0 Å². The van der Waals surface area contributed by atoms with Crippen LogP contribution in [0.15, 0.2) is 72.1 Å². The Morgan fingerprint density at radius 1 is 1.04 bits per heavy atom. The van der Waals surface area contributed by atoms with Gasteiger partial charge >= 0.3 is 5.97 Å². The van der Waals surface area contributed by atoms with Gasteiger partial charge in [0.05, 0.1) is 13.5 Å². The van der Waals surface area contributed by atoms with Crippen LogP contribution in [0.3, 0.4) is 0 Å². The second-order valence-corrected chi connectivity index (χ2v) is 6.93. The topological polar surface area (TPSA) is 67.4 Å². The lowest BCUT2D eigenvalue weighted by molar-refractivity contribution is -0.139. The van der Waals surface area contributed by atoms with E-state index in [1.165, 1.54) is 13.2 Å². The first-order valence-corrected chi connectivity index (χ1v) is 9.56. The fourth-order valence-electron chi connectivity index (χ4n) is 2.57. The molecule has 1 aromatic heterocycles. The zero-order chi connectivity index (χ0) is 19.8. The molecule has 2 N–H and O–H groups in total.